The van der Waals surface area contributed by atoms with Crippen molar-refractivity contribution in [3.05, 3.63) is 35.9 Å². The van der Waals surface area contributed by atoms with E-state index in [0.717, 1.165) is 18.4 Å². The fourth-order valence-electron chi connectivity index (χ4n) is 2.66. The first kappa shape index (κ1) is 13.6. The zero-order chi connectivity index (χ0) is 13.7. The number of benzene rings is 1. The van der Waals surface area contributed by atoms with Gasteiger partial charge in [-0.15, -0.1) is 0 Å². The standard InChI is InChI=1S/C15H20N2O2/c16-15(19)14(12-8-2-1-3-9-12)17-13(18)10-11-6-4-5-7-11/h1-3,8-9,11,14H,4-7,10H2,(H2,16,19)(H,17,18). The molecule has 1 aliphatic rings. The van der Waals surface area contributed by atoms with E-state index in [9.17, 15) is 9.59 Å². The molecule has 1 aliphatic carbocycles. The quantitative estimate of drug-likeness (QED) is 0.848. The van der Waals surface area contributed by atoms with E-state index in [1.165, 1.54) is 12.8 Å². The third kappa shape index (κ3) is 3.81. The highest BCUT2D eigenvalue weighted by Crippen LogP contribution is 2.27. The number of amides is 2. The molecule has 102 valence electrons. The summed E-state index contributed by atoms with van der Waals surface area (Å²) in [6.45, 7) is 0. The molecule has 1 aromatic carbocycles. The summed E-state index contributed by atoms with van der Waals surface area (Å²) in [5.74, 6) is -0.144. The molecule has 1 saturated carbocycles. The fraction of sp³-hybridized carbons (Fsp3) is 0.467. The molecule has 2 rings (SSSR count). The van der Waals surface area contributed by atoms with E-state index >= 15 is 0 Å². The van der Waals surface area contributed by atoms with Crippen LogP contribution < -0.4 is 11.1 Å². The van der Waals surface area contributed by atoms with Crippen molar-refractivity contribution in [2.75, 3.05) is 0 Å². The van der Waals surface area contributed by atoms with Gasteiger partial charge in [0, 0.05) is 6.42 Å². The summed E-state index contributed by atoms with van der Waals surface area (Å²) in [5, 5.41) is 2.75. The molecule has 0 bridgehead atoms. The second-order valence-electron chi connectivity index (χ2n) is 5.17. The van der Waals surface area contributed by atoms with Crippen LogP contribution in [0.4, 0.5) is 0 Å². The van der Waals surface area contributed by atoms with Gasteiger partial charge in [0.15, 0.2) is 0 Å². The van der Waals surface area contributed by atoms with Gasteiger partial charge >= 0.3 is 0 Å². The van der Waals surface area contributed by atoms with Crippen molar-refractivity contribution in [3.63, 3.8) is 0 Å². The third-order valence-corrected chi connectivity index (χ3v) is 3.67. The zero-order valence-corrected chi connectivity index (χ0v) is 11.0. The minimum Gasteiger partial charge on any atom is -0.368 e. The lowest BCUT2D eigenvalue weighted by Gasteiger charge is -2.17. The van der Waals surface area contributed by atoms with Gasteiger partial charge in [-0.1, -0.05) is 43.2 Å². The first-order valence-electron chi connectivity index (χ1n) is 6.80. The van der Waals surface area contributed by atoms with Crippen LogP contribution in [-0.2, 0) is 9.59 Å². The van der Waals surface area contributed by atoms with Gasteiger partial charge in [0.2, 0.25) is 11.8 Å². The van der Waals surface area contributed by atoms with Crippen LogP contribution in [0.5, 0.6) is 0 Å². The Kier molecular flexibility index (Phi) is 4.55. The van der Waals surface area contributed by atoms with Gasteiger partial charge in [0.25, 0.3) is 0 Å². The van der Waals surface area contributed by atoms with Crippen LogP contribution in [0.1, 0.15) is 43.7 Å². The monoisotopic (exact) mass is 260 g/mol. The van der Waals surface area contributed by atoms with Crippen LogP contribution in [0.3, 0.4) is 0 Å². The van der Waals surface area contributed by atoms with Crippen LogP contribution >= 0.6 is 0 Å². The normalized spacial score (nSPS) is 17.1. The summed E-state index contributed by atoms with van der Waals surface area (Å²) < 4.78 is 0. The Labute approximate surface area is 113 Å². The second-order valence-corrected chi connectivity index (χ2v) is 5.17. The number of nitrogens with two attached hydrogens (primary N) is 1. The highest BCUT2D eigenvalue weighted by atomic mass is 16.2. The SMILES string of the molecule is NC(=O)C(NC(=O)CC1CCCC1)c1ccccc1. The van der Waals surface area contributed by atoms with Crippen molar-refractivity contribution in [2.45, 2.75) is 38.1 Å². The van der Waals surface area contributed by atoms with Crippen molar-refractivity contribution in [1.82, 2.24) is 5.32 Å². The molecule has 19 heavy (non-hydrogen) atoms. The van der Waals surface area contributed by atoms with E-state index in [1.54, 1.807) is 12.1 Å². The van der Waals surface area contributed by atoms with Gasteiger partial charge < -0.3 is 11.1 Å². The highest BCUT2D eigenvalue weighted by molar-refractivity contribution is 5.87. The zero-order valence-electron chi connectivity index (χ0n) is 11.0. The number of carbonyl (C=O) groups is 2. The summed E-state index contributed by atoms with van der Waals surface area (Å²) in [6.07, 6.45) is 5.13. The van der Waals surface area contributed by atoms with Gasteiger partial charge in [-0.2, -0.15) is 0 Å². The number of nitrogens with one attached hydrogen (secondary N) is 1. The van der Waals surface area contributed by atoms with Crippen molar-refractivity contribution >= 4 is 11.8 Å². The molecular formula is C15H20N2O2. The Morgan fingerprint density at radius 2 is 1.84 bits per heavy atom. The van der Waals surface area contributed by atoms with Crippen LogP contribution in [-0.4, -0.2) is 11.8 Å². The Balaban J connectivity index is 1.97. The summed E-state index contributed by atoms with van der Waals surface area (Å²) in [6, 6.07) is 8.39. The Morgan fingerprint density at radius 1 is 1.21 bits per heavy atom. The van der Waals surface area contributed by atoms with Crippen molar-refractivity contribution in [3.8, 4) is 0 Å². The minimum absolute atomic E-state index is 0.0837. The molecule has 1 atom stereocenters. The van der Waals surface area contributed by atoms with Crippen molar-refractivity contribution < 1.29 is 9.59 Å². The van der Waals surface area contributed by atoms with E-state index < -0.39 is 11.9 Å². The number of hydrogen-bond donors (Lipinski definition) is 2. The van der Waals surface area contributed by atoms with Gasteiger partial charge in [-0.3, -0.25) is 9.59 Å². The molecule has 1 unspecified atom stereocenters. The van der Waals surface area contributed by atoms with E-state index in [1.807, 2.05) is 18.2 Å². The molecule has 0 aromatic heterocycles. The van der Waals surface area contributed by atoms with Gasteiger partial charge in [0.05, 0.1) is 0 Å². The molecule has 0 spiro atoms. The number of hydrogen-bond acceptors (Lipinski definition) is 2. The van der Waals surface area contributed by atoms with Gasteiger partial charge in [-0.25, -0.2) is 0 Å². The molecule has 0 radical (unpaired) electrons. The van der Waals surface area contributed by atoms with Crippen molar-refractivity contribution in [1.29, 1.82) is 0 Å². The summed E-state index contributed by atoms with van der Waals surface area (Å²) in [7, 11) is 0. The Morgan fingerprint density at radius 3 is 2.42 bits per heavy atom. The largest absolute Gasteiger partial charge is 0.368 e. The molecule has 2 amide bonds. The van der Waals surface area contributed by atoms with Gasteiger partial charge in [0.1, 0.15) is 6.04 Å². The number of rotatable bonds is 5. The maximum atomic E-state index is 12.0. The lowest BCUT2D eigenvalue weighted by atomic mass is 10.0. The molecule has 1 aromatic rings. The minimum atomic E-state index is -0.727. The van der Waals surface area contributed by atoms with Crippen LogP contribution in [0.2, 0.25) is 0 Å². The van der Waals surface area contributed by atoms with E-state index in [-0.39, 0.29) is 5.91 Å². The topological polar surface area (TPSA) is 72.2 Å². The summed E-state index contributed by atoms with van der Waals surface area (Å²) in [5.41, 5.74) is 6.10. The van der Waals surface area contributed by atoms with E-state index in [0.29, 0.717) is 12.3 Å². The van der Waals surface area contributed by atoms with Crippen LogP contribution in [0, 0.1) is 5.92 Å². The summed E-state index contributed by atoms with van der Waals surface area (Å²) >= 11 is 0. The smallest absolute Gasteiger partial charge is 0.244 e. The van der Waals surface area contributed by atoms with Crippen molar-refractivity contribution in [2.24, 2.45) is 11.7 Å². The maximum absolute atomic E-state index is 12.0. The lowest BCUT2D eigenvalue weighted by Crippen LogP contribution is -2.38. The molecule has 1 fully saturated rings. The molecule has 0 saturated heterocycles. The maximum Gasteiger partial charge on any atom is 0.244 e. The molecule has 3 N–H and O–H groups in total. The third-order valence-electron chi connectivity index (χ3n) is 3.67. The molecular weight excluding hydrogens is 240 g/mol. The molecule has 0 aliphatic heterocycles. The van der Waals surface area contributed by atoms with E-state index in [4.69, 9.17) is 5.73 Å². The first-order chi connectivity index (χ1) is 9.16. The molecule has 4 nitrogen and oxygen atoms in total. The second kappa shape index (κ2) is 6.36. The Hall–Kier alpha value is -1.84. The number of carbonyl (C=O) groups excluding carboxylic acids is 2. The predicted octanol–water partition coefficient (Wildman–Crippen LogP) is 1.91. The average molecular weight is 260 g/mol. The molecule has 0 heterocycles. The van der Waals surface area contributed by atoms with Crippen LogP contribution in [0.25, 0.3) is 0 Å². The number of primary amides is 1. The summed E-state index contributed by atoms with van der Waals surface area (Å²) in [4.78, 5) is 23.4. The van der Waals surface area contributed by atoms with Crippen LogP contribution in [0.15, 0.2) is 30.3 Å². The van der Waals surface area contributed by atoms with E-state index in [2.05, 4.69) is 5.32 Å². The van der Waals surface area contributed by atoms with Gasteiger partial charge in [-0.05, 0) is 24.3 Å². The Bertz CT molecular complexity index is 439. The first-order valence-corrected chi connectivity index (χ1v) is 6.80. The fourth-order valence-corrected chi connectivity index (χ4v) is 2.66. The average Bonchev–Trinajstić information content (AvgIpc) is 2.89. The molecule has 4 heteroatoms. The lowest BCUT2D eigenvalue weighted by molar-refractivity contribution is -0.128. The predicted molar refractivity (Wildman–Crippen MR) is 73.1 cm³/mol. The highest BCUT2D eigenvalue weighted by Gasteiger charge is 2.23.